The molecular formula is C19H28N3O4S+. The Morgan fingerprint density at radius 2 is 2.00 bits per heavy atom. The van der Waals surface area contributed by atoms with Crippen LogP contribution in [0.3, 0.4) is 0 Å². The third-order valence-electron chi connectivity index (χ3n) is 4.98. The predicted molar refractivity (Wildman–Crippen MR) is 104 cm³/mol. The number of quaternary nitrogens is 1. The maximum Gasteiger partial charge on any atom is 0.275 e. The molecule has 1 aromatic carbocycles. The summed E-state index contributed by atoms with van der Waals surface area (Å²) < 4.78 is 31.9. The van der Waals surface area contributed by atoms with Crippen LogP contribution in [0.15, 0.2) is 35.7 Å². The third kappa shape index (κ3) is 6.14. The van der Waals surface area contributed by atoms with Crippen LogP contribution in [0.2, 0.25) is 0 Å². The summed E-state index contributed by atoms with van der Waals surface area (Å²) in [5.74, 6) is 0.000723. The van der Waals surface area contributed by atoms with Gasteiger partial charge in [0.1, 0.15) is 0 Å². The van der Waals surface area contributed by atoms with Crippen molar-refractivity contribution in [1.82, 2.24) is 9.62 Å². The number of carbonyl (C=O) groups excluding carboxylic acids is 1. The number of hydrogen-bond acceptors (Lipinski definition) is 4. The summed E-state index contributed by atoms with van der Waals surface area (Å²) in [5, 5.41) is 4.19. The van der Waals surface area contributed by atoms with Crippen molar-refractivity contribution in [1.29, 1.82) is 0 Å². The molecule has 2 saturated heterocycles. The topological polar surface area (TPSA) is 80.2 Å². The van der Waals surface area contributed by atoms with Crippen molar-refractivity contribution < 1.29 is 22.8 Å². The van der Waals surface area contributed by atoms with Crippen molar-refractivity contribution in [2.45, 2.75) is 18.9 Å². The van der Waals surface area contributed by atoms with Gasteiger partial charge in [0.2, 0.25) is 10.0 Å². The van der Waals surface area contributed by atoms with E-state index in [0.717, 1.165) is 29.9 Å². The Morgan fingerprint density at radius 1 is 1.26 bits per heavy atom. The lowest BCUT2D eigenvalue weighted by atomic mass is 10.2. The number of carbonyl (C=O) groups is 1. The highest BCUT2D eigenvalue weighted by molar-refractivity contribution is 7.92. The van der Waals surface area contributed by atoms with Crippen LogP contribution >= 0.6 is 0 Å². The van der Waals surface area contributed by atoms with E-state index in [9.17, 15) is 13.2 Å². The van der Waals surface area contributed by atoms with E-state index < -0.39 is 10.0 Å². The number of benzene rings is 1. The van der Waals surface area contributed by atoms with E-state index in [0.29, 0.717) is 39.3 Å². The summed E-state index contributed by atoms with van der Waals surface area (Å²) in [4.78, 5) is 13.2. The molecule has 2 N–H and O–H groups in total. The second-order valence-corrected chi connectivity index (χ2v) is 8.84. The summed E-state index contributed by atoms with van der Waals surface area (Å²) in [5.41, 5.74) is 0.855. The van der Waals surface area contributed by atoms with Crippen LogP contribution in [0.4, 0.5) is 0 Å². The van der Waals surface area contributed by atoms with Gasteiger partial charge in [0.05, 0.1) is 32.3 Å². The first-order valence-electron chi connectivity index (χ1n) is 9.48. The number of hydrogen-bond donors (Lipinski definition) is 2. The lowest BCUT2D eigenvalue weighted by Crippen LogP contribution is -3.15. The first kappa shape index (κ1) is 20.0. The van der Waals surface area contributed by atoms with Crippen LogP contribution in [0, 0.1) is 0 Å². The third-order valence-corrected chi connectivity index (χ3v) is 6.55. The van der Waals surface area contributed by atoms with E-state index in [1.807, 2.05) is 30.3 Å². The summed E-state index contributed by atoms with van der Waals surface area (Å²) >= 11 is 0. The van der Waals surface area contributed by atoms with Gasteiger partial charge < -0.3 is 15.0 Å². The first-order chi connectivity index (χ1) is 13.0. The lowest BCUT2D eigenvalue weighted by molar-refractivity contribution is -0.895. The molecule has 1 atom stereocenters. The number of nitrogens with one attached hydrogen (secondary N) is 2. The zero-order valence-electron chi connectivity index (χ0n) is 15.5. The summed E-state index contributed by atoms with van der Waals surface area (Å²) in [6.45, 7) is 3.83. The van der Waals surface area contributed by atoms with Crippen LogP contribution < -0.4 is 10.2 Å². The maximum atomic E-state index is 12.5. The van der Waals surface area contributed by atoms with Gasteiger partial charge in [0, 0.05) is 18.6 Å². The van der Waals surface area contributed by atoms with Crippen molar-refractivity contribution >= 4 is 22.0 Å². The zero-order valence-corrected chi connectivity index (χ0v) is 16.3. The van der Waals surface area contributed by atoms with Crippen molar-refractivity contribution in [3.8, 4) is 0 Å². The second kappa shape index (κ2) is 9.45. The van der Waals surface area contributed by atoms with Gasteiger partial charge in [-0.2, -0.15) is 4.31 Å². The van der Waals surface area contributed by atoms with Crippen molar-refractivity contribution in [3.05, 3.63) is 41.3 Å². The van der Waals surface area contributed by atoms with Crippen molar-refractivity contribution in [2.24, 2.45) is 0 Å². The molecule has 0 aliphatic carbocycles. The molecule has 1 amide bonds. The predicted octanol–water partition coefficient (Wildman–Crippen LogP) is -0.517. The van der Waals surface area contributed by atoms with Gasteiger partial charge >= 0.3 is 0 Å². The van der Waals surface area contributed by atoms with E-state index in [1.165, 1.54) is 9.71 Å². The summed E-state index contributed by atoms with van der Waals surface area (Å²) in [6, 6.07) is 9.37. The number of amides is 1. The second-order valence-electron chi connectivity index (χ2n) is 7.02. The van der Waals surface area contributed by atoms with Gasteiger partial charge in [-0.3, -0.25) is 4.79 Å². The molecule has 0 unspecified atom stereocenters. The number of ether oxygens (including phenoxy) is 1. The van der Waals surface area contributed by atoms with Crippen LogP contribution in [0.1, 0.15) is 18.4 Å². The fraction of sp³-hybridized carbons (Fsp3) is 0.526. The maximum absolute atomic E-state index is 12.5. The Labute approximate surface area is 161 Å². The highest BCUT2D eigenvalue weighted by Crippen LogP contribution is 2.10. The molecule has 27 heavy (non-hydrogen) atoms. The van der Waals surface area contributed by atoms with Crippen LogP contribution in [-0.2, 0) is 19.6 Å². The molecule has 2 heterocycles. The van der Waals surface area contributed by atoms with Crippen LogP contribution in [0.25, 0.3) is 6.08 Å². The lowest BCUT2D eigenvalue weighted by Gasteiger charge is -2.30. The minimum Gasteiger partial charge on any atom is -0.376 e. The fourth-order valence-electron chi connectivity index (χ4n) is 3.37. The fourth-order valence-corrected chi connectivity index (χ4v) is 4.56. The molecule has 0 spiro atoms. The molecule has 0 aromatic heterocycles. The molecule has 2 aliphatic rings. The standard InChI is InChI=1S/C19H27N3O4S/c23-19(20-15-18-7-4-13-26-18)16-21-9-11-22(12-10-21)27(24,25)14-8-17-5-2-1-3-6-17/h1-3,5-6,8,14,18H,4,7,9-13,15-16H2,(H,20,23)/p+1/b14-8+/t18-/m1/s1. The smallest absolute Gasteiger partial charge is 0.275 e. The molecule has 8 heteroatoms. The number of sulfonamides is 1. The van der Waals surface area contributed by atoms with Gasteiger partial charge in [-0.25, -0.2) is 8.42 Å². The molecule has 7 nitrogen and oxygen atoms in total. The number of nitrogens with zero attached hydrogens (tertiary/aromatic N) is 1. The Bertz CT molecular complexity index is 737. The normalized spacial score (nSPS) is 22.3. The molecular weight excluding hydrogens is 366 g/mol. The Balaban J connectivity index is 1.42. The Hall–Kier alpha value is -1.74. The van der Waals surface area contributed by atoms with Gasteiger partial charge in [-0.05, 0) is 24.5 Å². The SMILES string of the molecule is O=C(C[NH+]1CCN(S(=O)(=O)/C=C/c2ccccc2)CC1)NC[C@H]1CCCO1. The average molecular weight is 395 g/mol. The van der Waals surface area contributed by atoms with Crippen LogP contribution in [0.5, 0.6) is 0 Å². The molecule has 0 saturated carbocycles. The van der Waals surface area contributed by atoms with Gasteiger partial charge in [-0.15, -0.1) is 0 Å². The largest absolute Gasteiger partial charge is 0.376 e. The van der Waals surface area contributed by atoms with E-state index in [1.54, 1.807) is 6.08 Å². The molecule has 3 rings (SSSR count). The van der Waals surface area contributed by atoms with E-state index in [2.05, 4.69) is 5.32 Å². The van der Waals surface area contributed by atoms with E-state index in [4.69, 9.17) is 4.74 Å². The quantitative estimate of drug-likeness (QED) is 0.652. The summed E-state index contributed by atoms with van der Waals surface area (Å²) in [6.07, 6.45) is 3.82. The first-order valence-corrected chi connectivity index (χ1v) is 11.0. The molecule has 148 valence electrons. The highest BCUT2D eigenvalue weighted by Gasteiger charge is 2.28. The zero-order chi connectivity index (χ0) is 19.1. The van der Waals surface area contributed by atoms with Crippen molar-refractivity contribution in [3.63, 3.8) is 0 Å². The molecule has 0 bridgehead atoms. The van der Waals surface area contributed by atoms with Gasteiger partial charge in [-0.1, -0.05) is 30.3 Å². The number of rotatable bonds is 7. The Morgan fingerprint density at radius 3 is 2.67 bits per heavy atom. The minimum absolute atomic E-state index is 0.000723. The molecule has 2 fully saturated rings. The van der Waals surface area contributed by atoms with E-state index in [-0.39, 0.29) is 12.0 Å². The minimum atomic E-state index is -3.43. The molecule has 1 aromatic rings. The summed E-state index contributed by atoms with van der Waals surface area (Å²) in [7, 11) is -3.43. The highest BCUT2D eigenvalue weighted by atomic mass is 32.2. The average Bonchev–Trinajstić information content (AvgIpc) is 3.20. The van der Waals surface area contributed by atoms with Gasteiger partial charge in [0.25, 0.3) is 5.91 Å². The monoisotopic (exact) mass is 394 g/mol. The van der Waals surface area contributed by atoms with E-state index >= 15 is 0 Å². The Kier molecular flexibility index (Phi) is 7.01. The van der Waals surface area contributed by atoms with Crippen LogP contribution in [-0.4, -0.2) is 70.6 Å². The molecule has 0 radical (unpaired) electrons. The number of piperazine rings is 1. The molecule has 2 aliphatic heterocycles. The van der Waals surface area contributed by atoms with Crippen molar-refractivity contribution in [2.75, 3.05) is 45.9 Å². The van der Waals surface area contributed by atoms with Gasteiger partial charge in [0.15, 0.2) is 6.54 Å².